The molecule has 1 amide bonds. The van der Waals surface area contributed by atoms with Gasteiger partial charge < -0.3 is 10.4 Å². The van der Waals surface area contributed by atoms with Crippen molar-refractivity contribution in [2.24, 2.45) is 0 Å². The van der Waals surface area contributed by atoms with Crippen LogP contribution in [0.2, 0.25) is 0 Å². The van der Waals surface area contributed by atoms with E-state index in [4.69, 9.17) is 0 Å². The highest BCUT2D eigenvalue weighted by molar-refractivity contribution is 7.13. The summed E-state index contributed by atoms with van der Waals surface area (Å²) in [7, 11) is 0. The highest BCUT2D eigenvalue weighted by atomic mass is 32.1. The maximum Gasteiger partial charge on any atom is 0.330 e. The minimum absolute atomic E-state index is 0.411. The standard InChI is InChI=1S/C15H16N2O3S/c1-2-6-12-16-9-11(21-12)14(18)17-13(15(19)20)10-7-4-3-5-8-10/h3-5,7-9,13H,2,6H2,1H3,(H,17,18)(H,19,20)/t13-/m1/s1. The maximum atomic E-state index is 12.1. The SMILES string of the molecule is CCCc1ncc(C(=O)N[C@@H](C(=O)O)c2ccccc2)s1. The molecule has 0 spiro atoms. The molecule has 0 aliphatic rings. The number of carboxylic acid groups (broad SMARTS) is 1. The molecule has 5 nitrogen and oxygen atoms in total. The summed E-state index contributed by atoms with van der Waals surface area (Å²) in [5, 5.41) is 12.7. The van der Waals surface area contributed by atoms with Crippen molar-refractivity contribution in [1.82, 2.24) is 10.3 Å². The third-order valence-corrected chi connectivity index (χ3v) is 3.95. The van der Waals surface area contributed by atoms with Crippen LogP contribution in [0.1, 0.15) is 39.6 Å². The summed E-state index contributed by atoms with van der Waals surface area (Å²) in [4.78, 5) is 28.1. The number of nitrogens with zero attached hydrogens (tertiary/aromatic N) is 1. The van der Waals surface area contributed by atoms with Gasteiger partial charge in [-0.2, -0.15) is 0 Å². The van der Waals surface area contributed by atoms with Gasteiger partial charge in [0.2, 0.25) is 0 Å². The van der Waals surface area contributed by atoms with E-state index in [9.17, 15) is 14.7 Å². The predicted molar refractivity (Wildman–Crippen MR) is 80.4 cm³/mol. The van der Waals surface area contributed by atoms with Gasteiger partial charge in [-0.05, 0) is 18.4 Å². The molecule has 110 valence electrons. The van der Waals surface area contributed by atoms with Gasteiger partial charge in [-0.25, -0.2) is 9.78 Å². The number of aliphatic carboxylic acids is 1. The lowest BCUT2D eigenvalue weighted by Gasteiger charge is -2.13. The number of rotatable bonds is 6. The Hall–Kier alpha value is -2.21. The second-order valence-corrected chi connectivity index (χ2v) is 5.64. The molecule has 2 rings (SSSR count). The molecule has 6 heteroatoms. The van der Waals surface area contributed by atoms with Crippen molar-refractivity contribution in [1.29, 1.82) is 0 Å². The van der Waals surface area contributed by atoms with Crippen molar-refractivity contribution < 1.29 is 14.7 Å². The van der Waals surface area contributed by atoms with E-state index in [1.165, 1.54) is 17.5 Å². The normalized spacial score (nSPS) is 11.9. The molecule has 1 aromatic carbocycles. The Labute approximate surface area is 126 Å². The van der Waals surface area contributed by atoms with Crippen LogP contribution in [0.4, 0.5) is 0 Å². The van der Waals surface area contributed by atoms with Gasteiger partial charge in [-0.3, -0.25) is 4.79 Å². The molecule has 21 heavy (non-hydrogen) atoms. The molecular formula is C15H16N2O3S. The Morgan fingerprint density at radius 3 is 2.67 bits per heavy atom. The summed E-state index contributed by atoms with van der Waals surface area (Å²) < 4.78 is 0. The van der Waals surface area contributed by atoms with E-state index in [1.54, 1.807) is 30.3 Å². The van der Waals surface area contributed by atoms with E-state index >= 15 is 0 Å². The Morgan fingerprint density at radius 2 is 2.05 bits per heavy atom. The number of carboxylic acids is 1. The summed E-state index contributed by atoms with van der Waals surface area (Å²) in [5.41, 5.74) is 0.539. The van der Waals surface area contributed by atoms with Crippen LogP contribution < -0.4 is 5.32 Å². The zero-order valence-corrected chi connectivity index (χ0v) is 12.4. The van der Waals surface area contributed by atoms with Crippen LogP contribution in [0.5, 0.6) is 0 Å². The van der Waals surface area contributed by atoms with Crippen LogP contribution in [0.3, 0.4) is 0 Å². The molecule has 0 aliphatic heterocycles. The van der Waals surface area contributed by atoms with E-state index in [-0.39, 0.29) is 0 Å². The van der Waals surface area contributed by atoms with Gasteiger partial charge in [0.25, 0.3) is 5.91 Å². The summed E-state index contributed by atoms with van der Waals surface area (Å²) in [6.07, 6.45) is 3.27. The molecule has 0 radical (unpaired) electrons. The summed E-state index contributed by atoms with van der Waals surface area (Å²) in [6.45, 7) is 2.04. The van der Waals surface area contributed by atoms with E-state index in [0.29, 0.717) is 10.4 Å². The number of benzene rings is 1. The molecule has 2 aromatic rings. The van der Waals surface area contributed by atoms with Gasteiger partial charge in [0.15, 0.2) is 6.04 Å². The molecule has 1 aromatic heterocycles. The second kappa shape index (κ2) is 6.99. The van der Waals surface area contributed by atoms with E-state index in [1.807, 2.05) is 6.92 Å². The first-order chi connectivity index (χ1) is 10.1. The van der Waals surface area contributed by atoms with E-state index in [0.717, 1.165) is 17.8 Å². The molecule has 2 N–H and O–H groups in total. The third kappa shape index (κ3) is 3.88. The summed E-state index contributed by atoms with van der Waals surface area (Å²) in [6, 6.07) is 7.57. The fourth-order valence-electron chi connectivity index (χ4n) is 1.88. The Morgan fingerprint density at radius 1 is 1.33 bits per heavy atom. The van der Waals surface area contributed by atoms with Crippen molar-refractivity contribution in [2.75, 3.05) is 0 Å². The maximum absolute atomic E-state index is 12.1. The smallest absolute Gasteiger partial charge is 0.330 e. The Kier molecular flexibility index (Phi) is 5.05. The quantitative estimate of drug-likeness (QED) is 0.860. The van der Waals surface area contributed by atoms with Crippen molar-refractivity contribution in [3.63, 3.8) is 0 Å². The van der Waals surface area contributed by atoms with Gasteiger partial charge in [0, 0.05) is 0 Å². The topological polar surface area (TPSA) is 79.3 Å². The highest BCUT2D eigenvalue weighted by Gasteiger charge is 2.23. The molecule has 0 fully saturated rings. The third-order valence-electron chi connectivity index (χ3n) is 2.90. The lowest BCUT2D eigenvalue weighted by atomic mass is 10.1. The van der Waals surface area contributed by atoms with Gasteiger partial charge in [0.05, 0.1) is 11.2 Å². The van der Waals surface area contributed by atoms with Gasteiger partial charge in [-0.1, -0.05) is 37.3 Å². The van der Waals surface area contributed by atoms with Gasteiger partial charge >= 0.3 is 5.97 Å². The molecule has 0 aliphatic carbocycles. The first-order valence-electron chi connectivity index (χ1n) is 6.65. The molecule has 0 saturated carbocycles. The fourth-order valence-corrected chi connectivity index (χ4v) is 2.80. The number of aromatic nitrogens is 1. The Bertz CT molecular complexity index is 625. The zero-order chi connectivity index (χ0) is 15.2. The van der Waals surface area contributed by atoms with Crippen LogP contribution in [-0.4, -0.2) is 22.0 Å². The van der Waals surface area contributed by atoms with Crippen LogP contribution in [-0.2, 0) is 11.2 Å². The monoisotopic (exact) mass is 304 g/mol. The summed E-state index contributed by atoms with van der Waals surface area (Å²) in [5.74, 6) is -1.50. The number of hydrogen-bond acceptors (Lipinski definition) is 4. The molecular weight excluding hydrogens is 288 g/mol. The highest BCUT2D eigenvalue weighted by Crippen LogP contribution is 2.17. The number of carbonyl (C=O) groups is 2. The number of aryl methyl sites for hydroxylation is 1. The first-order valence-corrected chi connectivity index (χ1v) is 7.46. The minimum Gasteiger partial charge on any atom is -0.479 e. The van der Waals surface area contributed by atoms with Crippen molar-refractivity contribution in [2.45, 2.75) is 25.8 Å². The van der Waals surface area contributed by atoms with Crippen molar-refractivity contribution in [3.05, 3.63) is 52.0 Å². The van der Waals surface area contributed by atoms with Crippen LogP contribution in [0.25, 0.3) is 0 Å². The number of carbonyl (C=O) groups excluding carboxylic acids is 1. The van der Waals surface area contributed by atoms with Crippen molar-refractivity contribution in [3.8, 4) is 0 Å². The van der Waals surface area contributed by atoms with Crippen molar-refractivity contribution >= 4 is 23.2 Å². The zero-order valence-electron chi connectivity index (χ0n) is 11.6. The van der Waals surface area contributed by atoms with E-state index < -0.39 is 17.9 Å². The van der Waals surface area contributed by atoms with Gasteiger partial charge in [-0.15, -0.1) is 11.3 Å². The van der Waals surface area contributed by atoms with Crippen LogP contribution in [0, 0.1) is 0 Å². The number of nitrogens with one attached hydrogen (secondary N) is 1. The van der Waals surface area contributed by atoms with Crippen LogP contribution in [0.15, 0.2) is 36.5 Å². The Balaban J connectivity index is 2.13. The molecule has 0 saturated heterocycles. The largest absolute Gasteiger partial charge is 0.479 e. The van der Waals surface area contributed by atoms with Crippen LogP contribution >= 0.6 is 11.3 Å². The number of thiazole rings is 1. The molecule has 1 heterocycles. The first kappa shape index (κ1) is 15.2. The summed E-state index contributed by atoms with van der Waals surface area (Å²) >= 11 is 1.30. The second-order valence-electron chi connectivity index (χ2n) is 4.52. The number of amides is 1. The fraction of sp³-hybridized carbons (Fsp3) is 0.267. The van der Waals surface area contributed by atoms with E-state index in [2.05, 4.69) is 10.3 Å². The number of hydrogen-bond donors (Lipinski definition) is 2. The molecule has 0 bridgehead atoms. The molecule has 0 unspecified atom stereocenters. The molecule has 1 atom stereocenters. The lowest BCUT2D eigenvalue weighted by Crippen LogP contribution is -2.33. The average Bonchev–Trinajstić information content (AvgIpc) is 2.94. The predicted octanol–water partition coefficient (Wildman–Crippen LogP) is 2.65. The minimum atomic E-state index is -1.09. The van der Waals surface area contributed by atoms with Gasteiger partial charge in [0.1, 0.15) is 4.88 Å². The lowest BCUT2D eigenvalue weighted by molar-refractivity contribution is -0.139. The average molecular weight is 304 g/mol.